The highest BCUT2D eigenvalue weighted by atomic mass is 15.2. The normalized spacial score (nSPS) is 25.5. The van der Waals surface area contributed by atoms with Gasteiger partial charge in [-0.2, -0.15) is 0 Å². The molecule has 2 rings (SSSR count). The van der Waals surface area contributed by atoms with Crippen LogP contribution in [0.5, 0.6) is 0 Å². The van der Waals surface area contributed by atoms with Crippen molar-refractivity contribution in [2.24, 2.45) is 5.73 Å². The monoisotopic (exact) mass is 194 g/mol. The second-order valence-corrected chi connectivity index (χ2v) is 4.22. The molecule has 2 heterocycles. The maximum absolute atomic E-state index is 5.89. The van der Waals surface area contributed by atoms with Gasteiger partial charge in [-0.05, 0) is 26.9 Å². The summed E-state index contributed by atoms with van der Waals surface area (Å²) in [6.07, 6.45) is 4.98. The van der Waals surface area contributed by atoms with Gasteiger partial charge in [0.2, 0.25) is 0 Å². The molecule has 0 aliphatic carbocycles. The summed E-state index contributed by atoms with van der Waals surface area (Å²) in [7, 11) is 2.16. The molecule has 0 aromatic carbocycles. The number of hydrogen-bond acceptors (Lipinski definition) is 3. The van der Waals surface area contributed by atoms with Crippen molar-refractivity contribution in [1.82, 2.24) is 14.5 Å². The fourth-order valence-corrected chi connectivity index (χ4v) is 2.11. The van der Waals surface area contributed by atoms with E-state index in [0.717, 1.165) is 12.2 Å². The van der Waals surface area contributed by atoms with Crippen molar-refractivity contribution in [1.29, 1.82) is 0 Å². The zero-order chi connectivity index (χ0) is 10.1. The fraction of sp³-hybridized carbons (Fsp3) is 0.700. The summed E-state index contributed by atoms with van der Waals surface area (Å²) in [6.45, 7) is 4.28. The summed E-state index contributed by atoms with van der Waals surface area (Å²) in [4.78, 5) is 6.52. The SMILES string of the molecule is CC(N)c1cncn1C1CCN(C)C1. The van der Waals surface area contributed by atoms with Gasteiger partial charge in [0.15, 0.2) is 0 Å². The number of rotatable bonds is 2. The number of likely N-dealkylation sites (N-methyl/N-ethyl adjacent to an activating group) is 1. The highest BCUT2D eigenvalue weighted by Crippen LogP contribution is 2.23. The van der Waals surface area contributed by atoms with Crippen LogP contribution in [-0.4, -0.2) is 34.6 Å². The summed E-state index contributed by atoms with van der Waals surface area (Å²) in [5, 5.41) is 0. The summed E-state index contributed by atoms with van der Waals surface area (Å²) in [5.41, 5.74) is 7.03. The van der Waals surface area contributed by atoms with Gasteiger partial charge in [-0.15, -0.1) is 0 Å². The van der Waals surface area contributed by atoms with Crippen LogP contribution in [0.3, 0.4) is 0 Å². The van der Waals surface area contributed by atoms with Crippen LogP contribution in [0, 0.1) is 0 Å². The molecule has 0 amide bonds. The Hall–Kier alpha value is -0.870. The minimum absolute atomic E-state index is 0.0726. The molecule has 0 saturated carbocycles. The summed E-state index contributed by atoms with van der Waals surface area (Å²) >= 11 is 0. The van der Waals surface area contributed by atoms with E-state index in [2.05, 4.69) is 21.5 Å². The van der Waals surface area contributed by atoms with Crippen LogP contribution >= 0.6 is 0 Å². The van der Waals surface area contributed by atoms with E-state index in [-0.39, 0.29) is 6.04 Å². The van der Waals surface area contributed by atoms with E-state index >= 15 is 0 Å². The van der Waals surface area contributed by atoms with Gasteiger partial charge >= 0.3 is 0 Å². The van der Waals surface area contributed by atoms with Crippen LogP contribution in [0.25, 0.3) is 0 Å². The number of imidazole rings is 1. The van der Waals surface area contributed by atoms with Crippen molar-refractivity contribution in [3.63, 3.8) is 0 Å². The van der Waals surface area contributed by atoms with E-state index in [4.69, 9.17) is 5.73 Å². The molecule has 0 spiro atoms. The number of likely N-dealkylation sites (tertiary alicyclic amines) is 1. The van der Waals surface area contributed by atoms with Gasteiger partial charge in [0.25, 0.3) is 0 Å². The van der Waals surface area contributed by atoms with Gasteiger partial charge in [0, 0.05) is 24.8 Å². The van der Waals surface area contributed by atoms with Gasteiger partial charge in [-0.3, -0.25) is 0 Å². The van der Waals surface area contributed by atoms with E-state index in [9.17, 15) is 0 Å². The molecule has 1 aromatic rings. The maximum atomic E-state index is 5.89. The Balaban J connectivity index is 2.19. The Morgan fingerprint density at radius 1 is 1.64 bits per heavy atom. The smallest absolute Gasteiger partial charge is 0.0951 e. The van der Waals surface area contributed by atoms with Crippen molar-refractivity contribution >= 4 is 0 Å². The molecular weight excluding hydrogens is 176 g/mol. The fourth-order valence-electron chi connectivity index (χ4n) is 2.11. The number of hydrogen-bond donors (Lipinski definition) is 1. The Morgan fingerprint density at radius 3 is 3.00 bits per heavy atom. The average molecular weight is 194 g/mol. The van der Waals surface area contributed by atoms with Crippen LogP contribution in [0.4, 0.5) is 0 Å². The lowest BCUT2D eigenvalue weighted by atomic mass is 10.2. The van der Waals surface area contributed by atoms with Crippen molar-refractivity contribution in [3.8, 4) is 0 Å². The first kappa shape index (κ1) is 9.68. The molecule has 14 heavy (non-hydrogen) atoms. The van der Waals surface area contributed by atoms with Crippen molar-refractivity contribution < 1.29 is 0 Å². The van der Waals surface area contributed by atoms with Crippen LogP contribution in [0.1, 0.15) is 31.1 Å². The molecule has 2 N–H and O–H groups in total. The third-order valence-corrected chi connectivity index (χ3v) is 2.92. The Morgan fingerprint density at radius 2 is 2.43 bits per heavy atom. The Labute approximate surface area is 84.7 Å². The highest BCUT2D eigenvalue weighted by Gasteiger charge is 2.23. The zero-order valence-corrected chi connectivity index (χ0v) is 8.85. The third kappa shape index (κ3) is 1.67. The van der Waals surface area contributed by atoms with E-state index in [1.807, 2.05) is 19.4 Å². The molecule has 1 aromatic heterocycles. The second kappa shape index (κ2) is 3.71. The second-order valence-electron chi connectivity index (χ2n) is 4.22. The molecule has 4 nitrogen and oxygen atoms in total. The summed E-state index contributed by atoms with van der Waals surface area (Å²) in [6, 6.07) is 0.631. The molecule has 4 heteroatoms. The summed E-state index contributed by atoms with van der Waals surface area (Å²) < 4.78 is 2.23. The first-order valence-corrected chi connectivity index (χ1v) is 5.14. The Bertz CT molecular complexity index is 305. The molecule has 1 saturated heterocycles. The lowest BCUT2D eigenvalue weighted by Gasteiger charge is -2.17. The number of aromatic nitrogens is 2. The van der Waals surface area contributed by atoms with E-state index in [1.165, 1.54) is 13.0 Å². The minimum Gasteiger partial charge on any atom is -0.329 e. The lowest BCUT2D eigenvalue weighted by Crippen LogP contribution is -2.19. The van der Waals surface area contributed by atoms with Crippen molar-refractivity contribution in [2.75, 3.05) is 20.1 Å². The van der Waals surface area contributed by atoms with E-state index < -0.39 is 0 Å². The maximum Gasteiger partial charge on any atom is 0.0951 e. The van der Waals surface area contributed by atoms with Crippen molar-refractivity contribution in [3.05, 3.63) is 18.2 Å². The minimum atomic E-state index is 0.0726. The lowest BCUT2D eigenvalue weighted by molar-refractivity contribution is 0.388. The van der Waals surface area contributed by atoms with Gasteiger partial charge in [0.05, 0.1) is 12.0 Å². The van der Waals surface area contributed by atoms with Gasteiger partial charge in [-0.25, -0.2) is 4.98 Å². The molecule has 0 radical (unpaired) electrons. The van der Waals surface area contributed by atoms with Gasteiger partial charge in [0.1, 0.15) is 0 Å². The number of nitrogens with two attached hydrogens (primary N) is 1. The molecule has 0 bridgehead atoms. The van der Waals surface area contributed by atoms with E-state index in [0.29, 0.717) is 6.04 Å². The standard InChI is InChI=1S/C10H18N4/c1-8(11)10-5-12-7-14(10)9-3-4-13(2)6-9/h5,7-9H,3-4,6,11H2,1-2H3. The molecule has 1 aliphatic rings. The molecule has 2 unspecified atom stereocenters. The Kier molecular flexibility index (Phi) is 2.56. The molecule has 78 valence electrons. The predicted molar refractivity (Wildman–Crippen MR) is 56.0 cm³/mol. The highest BCUT2D eigenvalue weighted by molar-refractivity contribution is 5.05. The molecular formula is C10H18N4. The first-order valence-electron chi connectivity index (χ1n) is 5.14. The average Bonchev–Trinajstić information content (AvgIpc) is 2.70. The van der Waals surface area contributed by atoms with Crippen LogP contribution < -0.4 is 5.73 Å². The largest absolute Gasteiger partial charge is 0.329 e. The van der Waals surface area contributed by atoms with Crippen molar-refractivity contribution in [2.45, 2.75) is 25.4 Å². The number of nitrogens with zero attached hydrogens (tertiary/aromatic N) is 3. The molecule has 2 atom stereocenters. The topological polar surface area (TPSA) is 47.1 Å². The first-order chi connectivity index (χ1) is 6.68. The molecule has 1 fully saturated rings. The van der Waals surface area contributed by atoms with Crippen LogP contribution in [0.15, 0.2) is 12.5 Å². The zero-order valence-electron chi connectivity index (χ0n) is 8.85. The van der Waals surface area contributed by atoms with E-state index in [1.54, 1.807) is 0 Å². The summed E-state index contributed by atoms with van der Waals surface area (Å²) in [5.74, 6) is 0. The quantitative estimate of drug-likeness (QED) is 0.756. The third-order valence-electron chi connectivity index (χ3n) is 2.92. The van der Waals surface area contributed by atoms with Gasteiger partial charge < -0.3 is 15.2 Å². The predicted octanol–water partition coefficient (Wildman–Crippen LogP) is 0.779. The van der Waals surface area contributed by atoms with Gasteiger partial charge in [-0.1, -0.05) is 0 Å². The van der Waals surface area contributed by atoms with Crippen LogP contribution in [0.2, 0.25) is 0 Å². The van der Waals surface area contributed by atoms with Crippen LogP contribution in [-0.2, 0) is 0 Å². The molecule has 1 aliphatic heterocycles.